The average Bonchev–Trinajstić information content (AvgIpc) is 3.02. The molecule has 0 aliphatic rings. The Hall–Kier alpha value is -4.14. The van der Waals surface area contributed by atoms with Gasteiger partial charge in [0.1, 0.15) is 12.6 Å². The number of sulfonamides is 1. The van der Waals surface area contributed by atoms with Crippen molar-refractivity contribution in [2.75, 3.05) is 17.4 Å². The number of nitrogens with one attached hydrogen (secondary N) is 1. The normalized spacial score (nSPS) is 11.9. The summed E-state index contributed by atoms with van der Waals surface area (Å²) in [5.74, 6) is -0.799. The molecular weight excluding hydrogens is 594 g/mol. The van der Waals surface area contributed by atoms with Gasteiger partial charge in [-0.1, -0.05) is 91.3 Å². The van der Waals surface area contributed by atoms with Gasteiger partial charge in [-0.05, 0) is 72.9 Å². The Morgan fingerprint density at radius 3 is 2.11 bits per heavy atom. The molecule has 4 rings (SSSR count). The predicted octanol–water partition coefficient (Wildman–Crippen LogP) is 6.32. The van der Waals surface area contributed by atoms with Crippen molar-refractivity contribution in [2.45, 2.75) is 51.1 Å². The maximum absolute atomic E-state index is 14.5. The van der Waals surface area contributed by atoms with E-state index in [1.165, 1.54) is 17.0 Å². The minimum Gasteiger partial charge on any atom is -0.354 e. The fraction of sp³-hybridized carbons (Fsp3) is 0.257. The first-order chi connectivity index (χ1) is 21.1. The summed E-state index contributed by atoms with van der Waals surface area (Å²) in [6.45, 7) is 5.73. The topological polar surface area (TPSA) is 86.8 Å². The second kappa shape index (κ2) is 15.0. The molecule has 0 aromatic heterocycles. The molecule has 0 saturated heterocycles. The summed E-state index contributed by atoms with van der Waals surface area (Å²) in [5.41, 5.74) is 3.63. The molecule has 0 fully saturated rings. The van der Waals surface area contributed by atoms with E-state index < -0.39 is 28.5 Å². The highest BCUT2D eigenvalue weighted by Gasteiger charge is 2.35. The van der Waals surface area contributed by atoms with E-state index in [0.29, 0.717) is 22.8 Å². The minimum atomic E-state index is -4.18. The number of amides is 2. The van der Waals surface area contributed by atoms with Crippen LogP contribution in [0.4, 0.5) is 5.69 Å². The number of anilines is 1. The lowest BCUT2D eigenvalue weighted by atomic mass is 10.0. The van der Waals surface area contributed by atoms with Gasteiger partial charge in [-0.15, -0.1) is 0 Å². The molecule has 1 N–H and O–H groups in total. The molecule has 2 amide bonds. The van der Waals surface area contributed by atoms with Crippen LogP contribution in [-0.4, -0.2) is 44.3 Å². The molecule has 0 aliphatic heterocycles. The molecule has 0 radical (unpaired) electrons. The Balaban J connectivity index is 1.82. The van der Waals surface area contributed by atoms with Crippen LogP contribution in [0.15, 0.2) is 108 Å². The van der Waals surface area contributed by atoms with Gasteiger partial charge in [0, 0.05) is 24.5 Å². The lowest BCUT2D eigenvalue weighted by Crippen LogP contribution is -2.53. The van der Waals surface area contributed by atoms with Gasteiger partial charge in [-0.3, -0.25) is 13.9 Å². The number of hydrogen-bond donors (Lipinski definition) is 1. The molecule has 0 spiro atoms. The summed E-state index contributed by atoms with van der Waals surface area (Å²) in [5, 5.41) is 3.42. The van der Waals surface area contributed by atoms with Crippen LogP contribution in [0.2, 0.25) is 5.02 Å². The molecule has 44 heavy (non-hydrogen) atoms. The Morgan fingerprint density at radius 2 is 1.48 bits per heavy atom. The third kappa shape index (κ3) is 8.07. The zero-order valence-corrected chi connectivity index (χ0v) is 26.8. The van der Waals surface area contributed by atoms with Crippen LogP contribution in [0.25, 0.3) is 0 Å². The minimum absolute atomic E-state index is 0.0501. The summed E-state index contributed by atoms with van der Waals surface area (Å²) in [6.07, 6.45) is 0.994. The number of hydrogen-bond acceptors (Lipinski definition) is 4. The molecule has 230 valence electrons. The number of halogens is 1. The van der Waals surface area contributed by atoms with Gasteiger partial charge >= 0.3 is 0 Å². The van der Waals surface area contributed by atoms with E-state index >= 15 is 0 Å². The quantitative estimate of drug-likeness (QED) is 0.187. The van der Waals surface area contributed by atoms with Gasteiger partial charge in [0.15, 0.2) is 0 Å². The molecular formula is C35H38ClN3O4S. The van der Waals surface area contributed by atoms with Gasteiger partial charge in [-0.2, -0.15) is 0 Å². The highest BCUT2D eigenvalue weighted by molar-refractivity contribution is 7.92. The summed E-state index contributed by atoms with van der Waals surface area (Å²) < 4.78 is 29.4. The number of carbonyl (C=O) groups is 2. The zero-order chi connectivity index (χ0) is 31.7. The Kier molecular flexibility index (Phi) is 11.2. The number of carbonyl (C=O) groups excluding carboxylic acids is 2. The second-order valence-electron chi connectivity index (χ2n) is 10.7. The first-order valence-corrected chi connectivity index (χ1v) is 16.4. The largest absolute Gasteiger partial charge is 0.354 e. The van der Waals surface area contributed by atoms with Crippen molar-refractivity contribution < 1.29 is 18.0 Å². The fourth-order valence-corrected chi connectivity index (χ4v) is 6.75. The van der Waals surface area contributed by atoms with Crippen LogP contribution in [0, 0.1) is 13.8 Å². The van der Waals surface area contributed by atoms with Crippen molar-refractivity contribution >= 4 is 39.1 Å². The first kappa shape index (κ1) is 32.8. The Labute approximate surface area is 265 Å². The van der Waals surface area contributed by atoms with Crippen molar-refractivity contribution in [3.8, 4) is 0 Å². The van der Waals surface area contributed by atoms with Gasteiger partial charge in [0.2, 0.25) is 11.8 Å². The molecule has 0 saturated carbocycles. The number of nitrogens with zero attached hydrogens (tertiary/aromatic N) is 2. The van der Waals surface area contributed by atoms with Crippen LogP contribution < -0.4 is 9.62 Å². The number of rotatable bonds is 13. The molecule has 1 atom stereocenters. The van der Waals surface area contributed by atoms with Crippen LogP contribution in [0.1, 0.15) is 35.6 Å². The molecule has 0 aliphatic carbocycles. The maximum Gasteiger partial charge on any atom is 0.264 e. The lowest BCUT2D eigenvalue weighted by Gasteiger charge is -2.34. The Bertz CT molecular complexity index is 1680. The molecule has 4 aromatic rings. The van der Waals surface area contributed by atoms with E-state index in [1.54, 1.807) is 43.3 Å². The van der Waals surface area contributed by atoms with Crippen LogP contribution in [0.3, 0.4) is 0 Å². The van der Waals surface area contributed by atoms with Gasteiger partial charge in [0.05, 0.1) is 10.6 Å². The predicted molar refractivity (Wildman–Crippen MR) is 176 cm³/mol. The van der Waals surface area contributed by atoms with Gasteiger partial charge in [0.25, 0.3) is 10.0 Å². The van der Waals surface area contributed by atoms with Crippen LogP contribution in [-0.2, 0) is 32.6 Å². The van der Waals surface area contributed by atoms with E-state index in [4.69, 9.17) is 11.6 Å². The van der Waals surface area contributed by atoms with Gasteiger partial charge < -0.3 is 10.2 Å². The van der Waals surface area contributed by atoms with Crippen molar-refractivity contribution in [2.24, 2.45) is 0 Å². The Morgan fingerprint density at radius 1 is 0.841 bits per heavy atom. The molecule has 4 aromatic carbocycles. The van der Waals surface area contributed by atoms with Crippen molar-refractivity contribution in [1.82, 2.24) is 10.2 Å². The first-order valence-electron chi connectivity index (χ1n) is 14.6. The number of aryl methyl sites for hydroxylation is 2. The summed E-state index contributed by atoms with van der Waals surface area (Å²) in [4.78, 5) is 29.8. The van der Waals surface area contributed by atoms with E-state index in [0.717, 1.165) is 27.4 Å². The van der Waals surface area contributed by atoms with Gasteiger partial charge in [-0.25, -0.2) is 8.42 Å². The molecule has 0 heterocycles. The van der Waals surface area contributed by atoms with Crippen molar-refractivity contribution in [3.63, 3.8) is 0 Å². The van der Waals surface area contributed by atoms with E-state index in [9.17, 15) is 18.0 Å². The average molecular weight is 632 g/mol. The maximum atomic E-state index is 14.5. The SMILES string of the molecule is CCCNC(=O)[C@@H](Cc1ccccc1)N(Cc1ccccc1C)C(=O)CN(c1ccc(Cl)cc1C)S(=O)(=O)c1ccccc1. The van der Waals surface area contributed by atoms with Crippen molar-refractivity contribution in [1.29, 1.82) is 0 Å². The van der Waals surface area contributed by atoms with E-state index in [2.05, 4.69) is 5.32 Å². The smallest absolute Gasteiger partial charge is 0.264 e. The molecule has 7 nitrogen and oxygen atoms in total. The van der Waals surface area contributed by atoms with Crippen LogP contribution >= 0.6 is 11.6 Å². The third-order valence-corrected chi connectivity index (χ3v) is 9.47. The molecule has 0 bridgehead atoms. The number of benzene rings is 4. The third-order valence-electron chi connectivity index (χ3n) is 7.46. The highest BCUT2D eigenvalue weighted by Crippen LogP contribution is 2.29. The monoisotopic (exact) mass is 631 g/mol. The summed E-state index contributed by atoms with van der Waals surface area (Å²) in [6, 6.07) is 29.2. The molecule has 0 unspecified atom stereocenters. The van der Waals surface area contributed by atoms with Crippen molar-refractivity contribution in [3.05, 3.63) is 130 Å². The zero-order valence-electron chi connectivity index (χ0n) is 25.2. The summed E-state index contributed by atoms with van der Waals surface area (Å²) >= 11 is 6.22. The standard InChI is InChI=1S/C35H38ClN3O4S/c1-4-21-37-35(41)33(23-28-14-7-5-8-15-28)38(24-29-16-12-11-13-26(29)2)34(40)25-39(32-20-19-30(36)22-27(32)3)44(42,43)31-17-9-6-10-18-31/h5-20,22,33H,4,21,23-25H2,1-3H3,(H,37,41)/t33-/m1/s1. The van der Waals surface area contributed by atoms with E-state index in [-0.39, 0.29) is 23.8 Å². The second-order valence-corrected chi connectivity index (χ2v) is 13.0. The van der Waals surface area contributed by atoms with Crippen LogP contribution in [0.5, 0.6) is 0 Å². The highest BCUT2D eigenvalue weighted by atomic mass is 35.5. The lowest BCUT2D eigenvalue weighted by molar-refractivity contribution is -0.140. The fourth-order valence-electron chi connectivity index (χ4n) is 5.02. The molecule has 9 heteroatoms. The van der Waals surface area contributed by atoms with E-state index in [1.807, 2.05) is 68.4 Å². The summed E-state index contributed by atoms with van der Waals surface area (Å²) in [7, 11) is -4.18.